The lowest BCUT2D eigenvalue weighted by Crippen LogP contribution is -2.24. The highest BCUT2D eigenvalue weighted by atomic mass is 32.1. The first-order valence-corrected chi connectivity index (χ1v) is 7.19. The smallest absolute Gasteiger partial charge is 0.261 e. The fourth-order valence-corrected chi connectivity index (χ4v) is 2.53. The normalized spacial score (nSPS) is 10.4. The van der Waals surface area contributed by atoms with Crippen LogP contribution in [0.4, 0.5) is 5.82 Å². The van der Waals surface area contributed by atoms with Crippen molar-refractivity contribution in [2.24, 2.45) is 0 Å². The van der Waals surface area contributed by atoms with Gasteiger partial charge in [-0.15, -0.1) is 11.3 Å². The van der Waals surface area contributed by atoms with Crippen LogP contribution in [-0.2, 0) is 6.54 Å². The zero-order valence-electron chi connectivity index (χ0n) is 12.1. The molecule has 0 atom stereocenters. The van der Waals surface area contributed by atoms with Crippen molar-refractivity contribution in [2.75, 3.05) is 19.0 Å². The van der Waals surface area contributed by atoms with Crippen LogP contribution in [-0.4, -0.2) is 30.0 Å². The number of hydrogen-bond acceptors (Lipinski definition) is 5. The van der Waals surface area contributed by atoms with Crippen LogP contribution in [0.3, 0.4) is 0 Å². The van der Waals surface area contributed by atoms with Crippen LogP contribution in [0.1, 0.15) is 26.8 Å². The SMILES string of the molecule is Cc1csc(C(=O)NCc2nc(C)cc(N(C)C)n2)c1. The number of aromatic nitrogens is 2. The predicted octanol–water partition coefficient (Wildman–Crippen LogP) is 2.15. The Hall–Kier alpha value is -1.95. The molecule has 2 aromatic heterocycles. The number of thiophene rings is 1. The molecule has 0 aliphatic carbocycles. The van der Waals surface area contributed by atoms with E-state index in [1.807, 2.05) is 50.4 Å². The molecule has 0 aliphatic heterocycles. The van der Waals surface area contributed by atoms with Gasteiger partial charge in [-0.2, -0.15) is 0 Å². The minimum Gasteiger partial charge on any atom is -0.363 e. The molecule has 5 nitrogen and oxygen atoms in total. The van der Waals surface area contributed by atoms with Crippen molar-refractivity contribution in [2.45, 2.75) is 20.4 Å². The Balaban J connectivity index is 2.05. The van der Waals surface area contributed by atoms with E-state index in [2.05, 4.69) is 15.3 Å². The maximum Gasteiger partial charge on any atom is 0.261 e. The zero-order chi connectivity index (χ0) is 14.7. The first kappa shape index (κ1) is 14.5. The van der Waals surface area contributed by atoms with Gasteiger partial charge in [0.05, 0.1) is 11.4 Å². The Labute approximate surface area is 122 Å². The van der Waals surface area contributed by atoms with Gasteiger partial charge in [-0.05, 0) is 30.9 Å². The average molecular weight is 290 g/mol. The van der Waals surface area contributed by atoms with E-state index in [0.717, 1.165) is 17.1 Å². The third-order valence-corrected chi connectivity index (χ3v) is 3.75. The number of rotatable bonds is 4. The standard InChI is InChI=1S/C14H18N4OS/c1-9-5-11(20-8-9)14(19)15-7-12-16-10(2)6-13(17-12)18(3)4/h5-6,8H,7H2,1-4H3,(H,15,19). The van der Waals surface area contributed by atoms with Crippen molar-refractivity contribution in [1.29, 1.82) is 0 Å². The van der Waals surface area contributed by atoms with Crippen LogP contribution in [0.5, 0.6) is 0 Å². The molecule has 2 rings (SSSR count). The molecule has 0 saturated carbocycles. The predicted molar refractivity (Wildman–Crippen MR) is 81.3 cm³/mol. The topological polar surface area (TPSA) is 58.1 Å². The number of hydrogen-bond donors (Lipinski definition) is 1. The van der Waals surface area contributed by atoms with E-state index >= 15 is 0 Å². The van der Waals surface area contributed by atoms with Gasteiger partial charge in [-0.3, -0.25) is 4.79 Å². The summed E-state index contributed by atoms with van der Waals surface area (Å²) in [6.45, 7) is 4.22. The second-order valence-electron chi connectivity index (χ2n) is 4.85. The number of carbonyl (C=O) groups excluding carboxylic acids is 1. The van der Waals surface area contributed by atoms with Crippen LogP contribution in [0, 0.1) is 13.8 Å². The van der Waals surface area contributed by atoms with Crippen molar-refractivity contribution in [3.05, 3.63) is 39.5 Å². The van der Waals surface area contributed by atoms with E-state index in [1.54, 1.807) is 0 Å². The Morgan fingerprint density at radius 2 is 2.05 bits per heavy atom. The molecular weight excluding hydrogens is 272 g/mol. The first-order valence-electron chi connectivity index (χ1n) is 6.31. The summed E-state index contributed by atoms with van der Waals surface area (Å²) in [6, 6.07) is 3.79. The minimum atomic E-state index is -0.0837. The van der Waals surface area contributed by atoms with E-state index in [-0.39, 0.29) is 5.91 Å². The summed E-state index contributed by atoms with van der Waals surface area (Å²) in [4.78, 5) is 23.3. The summed E-state index contributed by atoms with van der Waals surface area (Å²) in [5, 5.41) is 4.81. The highest BCUT2D eigenvalue weighted by molar-refractivity contribution is 7.12. The highest BCUT2D eigenvalue weighted by Gasteiger charge is 2.09. The summed E-state index contributed by atoms with van der Waals surface area (Å²) in [6.07, 6.45) is 0. The van der Waals surface area contributed by atoms with Crippen LogP contribution in [0.2, 0.25) is 0 Å². The lowest BCUT2D eigenvalue weighted by atomic mass is 10.3. The fourth-order valence-electron chi connectivity index (χ4n) is 1.72. The molecule has 1 N–H and O–H groups in total. The molecule has 106 valence electrons. The van der Waals surface area contributed by atoms with Gasteiger partial charge >= 0.3 is 0 Å². The van der Waals surface area contributed by atoms with E-state index in [4.69, 9.17) is 0 Å². The highest BCUT2D eigenvalue weighted by Crippen LogP contribution is 2.13. The number of aryl methyl sites for hydroxylation is 2. The molecule has 0 aromatic carbocycles. The second-order valence-corrected chi connectivity index (χ2v) is 5.76. The molecule has 0 fully saturated rings. The number of anilines is 1. The maximum absolute atomic E-state index is 12.0. The Morgan fingerprint density at radius 3 is 2.65 bits per heavy atom. The van der Waals surface area contributed by atoms with Crippen molar-refractivity contribution in [1.82, 2.24) is 15.3 Å². The van der Waals surface area contributed by atoms with E-state index < -0.39 is 0 Å². The maximum atomic E-state index is 12.0. The van der Waals surface area contributed by atoms with Gasteiger partial charge in [-0.25, -0.2) is 9.97 Å². The van der Waals surface area contributed by atoms with Crippen LogP contribution in [0.25, 0.3) is 0 Å². The molecule has 0 aliphatic rings. The molecule has 0 bridgehead atoms. The number of amides is 1. The van der Waals surface area contributed by atoms with Crippen molar-refractivity contribution >= 4 is 23.1 Å². The van der Waals surface area contributed by atoms with Gasteiger partial charge in [0.1, 0.15) is 11.6 Å². The molecule has 2 heterocycles. The van der Waals surface area contributed by atoms with Gasteiger partial charge in [0, 0.05) is 25.9 Å². The molecule has 1 amide bonds. The van der Waals surface area contributed by atoms with Crippen LogP contribution >= 0.6 is 11.3 Å². The largest absolute Gasteiger partial charge is 0.363 e. The third kappa shape index (κ3) is 3.54. The van der Waals surface area contributed by atoms with Gasteiger partial charge in [-0.1, -0.05) is 0 Å². The quantitative estimate of drug-likeness (QED) is 0.937. The summed E-state index contributed by atoms with van der Waals surface area (Å²) < 4.78 is 0. The summed E-state index contributed by atoms with van der Waals surface area (Å²) in [5.41, 5.74) is 1.99. The number of nitrogens with zero attached hydrogens (tertiary/aromatic N) is 3. The van der Waals surface area contributed by atoms with E-state index in [9.17, 15) is 4.79 Å². The number of nitrogens with one attached hydrogen (secondary N) is 1. The molecule has 2 aromatic rings. The van der Waals surface area contributed by atoms with Crippen molar-refractivity contribution in [3.8, 4) is 0 Å². The zero-order valence-corrected chi connectivity index (χ0v) is 12.9. The van der Waals surface area contributed by atoms with Gasteiger partial charge in [0.25, 0.3) is 5.91 Å². The Morgan fingerprint density at radius 1 is 1.30 bits per heavy atom. The summed E-state index contributed by atoms with van der Waals surface area (Å²) in [7, 11) is 3.86. The minimum absolute atomic E-state index is 0.0837. The van der Waals surface area contributed by atoms with Crippen LogP contribution in [0.15, 0.2) is 17.5 Å². The lowest BCUT2D eigenvalue weighted by Gasteiger charge is -2.13. The Kier molecular flexibility index (Phi) is 4.34. The molecule has 0 radical (unpaired) electrons. The lowest BCUT2D eigenvalue weighted by molar-refractivity contribution is 0.0954. The van der Waals surface area contributed by atoms with Gasteiger partial charge < -0.3 is 10.2 Å². The summed E-state index contributed by atoms with van der Waals surface area (Å²) in [5.74, 6) is 1.38. The van der Waals surface area contributed by atoms with E-state index in [0.29, 0.717) is 17.2 Å². The molecule has 6 heteroatoms. The molecule has 0 unspecified atom stereocenters. The van der Waals surface area contributed by atoms with Gasteiger partial charge in [0.15, 0.2) is 0 Å². The van der Waals surface area contributed by atoms with Gasteiger partial charge in [0.2, 0.25) is 0 Å². The molecule has 20 heavy (non-hydrogen) atoms. The first-order chi connectivity index (χ1) is 9.45. The molecule has 0 spiro atoms. The van der Waals surface area contributed by atoms with Crippen molar-refractivity contribution in [3.63, 3.8) is 0 Å². The fraction of sp³-hybridized carbons (Fsp3) is 0.357. The third-order valence-electron chi connectivity index (χ3n) is 2.71. The molecule has 0 saturated heterocycles. The van der Waals surface area contributed by atoms with Crippen LogP contribution < -0.4 is 10.2 Å². The van der Waals surface area contributed by atoms with Crippen molar-refractivity contribution < 1.29 is 4.79 Å². The monoisotopic (exact) mass is 290 g/mol. The number of carbonyl (C=O) groups is 1. The molecular formula is C14H18N4OS. The Bertz CT molecular complexity index is 621. The van der Waals surface area contributed by atoms with E-state index in [1.165, 1.54) is 11.3 Å². The summed E-state index contributed by atoms with van der Waals surface area (Å²) >= 11 is 1.44. The second kappa shape index (κ2) is 6.00. The average Bonchev–Trinajstić information content (AvgIpc) is 2.82.